The van der Waals surface area contributed by atoms with Crippen molar-refractivity contribution in [1.29, 1.82) is 0 Å². The van der Waals surface area contributed by atoms with Crippen LogP contribution >= 0.6 is 0 Å². The molecule has 1 aromatic heterocycles. The third-order valence-corrected chi connectivity index (χ3v) is 5.12. The molecular weight excluding hydrogens is 332 g/mol. The Kier molecular flexibility index (Phi) is 4.46. The number of nitrogens with zero attached hydrogens (tertiary/aromatic N) is 2. The molecule has 7 heteroatoms. The predicted octanol–water partition coefficient (Wildman–Crippen LogP) is 1.70. The zero-order valence-electron chi connectivity index (χ0n) is 14.6. The number of anilines is 1. The number of rotatable bonds is 5. The van der Waals surface area contributed by atoms with Gasteiger partial charge in [-0.25, -0.2) is 9.97 Å². The van der Waals surface area contributed by atoms with Gasteiger partial charge in [-0.3, -0.25) is 4.79 Å². The van der Waals surface area contributed by atoms with Gasteiger partial charge in [0, 0.05) is 25.9 Å². The average Bonchev–Trinajstić information content (AvgIpc) is 3.11. The van der Waals surface area contributed by atoms with Crippen LogP contribution in [0.1, 0.15) is 40.4 Å². The average molecular weight is 354 g/mol. The molecule has 1 fully saturated rings. The number of fused-ring (bicyclic) bond motifs is 1. The SMILES string of the molecule is CNc1ncc(C(=O)NC(c2ccc3c(c2)CCO3)C2CC(O)C2)cn1. The summed E-state index contributed by atoms with van der Waals surface area (Å²) in [6, 6.07) is 5.93. The highest BCUT2D eigenvalue weighted by atomic mass is 16.5. The number of nitrogens with one attached hydrogen (secondary N) is 2. The van der Waals surface area contributed by atoms with Crippen molar-refractivity contribution in [2.24, 2.45) is 5.92 Å². The van der Waals surface area contributed by atoms with Gasteiger partial charge in [0.1, 0.15) is 5.75 Å². The summed E-state index contributed by atoms with van der Waals surface area (Å²) in [4.78, 5) is 20.9. The summed E-state index contributed by atoms with van der Waals surface area (Å²) < 4.78 is 5.57. The van der Waals surface area contributed by atoms with Gasteiger partial charge >= 0.3 is 0 Å². The highest BCUT2D eigenvalue weighted by molar-refractivity contribution is 5.94. The van der Waals surface area contributed by atoms with Crippen molar-refractivity contribution in [3.05, 3.63) is 47.3 Å². The second-order valence-corrected chi connectivity index (χ2v) is 6.85. The number of aliphatic hydroxyl groups excluding tert-OH is 1. The minimum atomic E-state index is -0.282. The van der Waals surface area contributed by atoms with Crippen LogP contribution in [0.15, 0.2) is 30.6 Å². The first-order chi connectivity index (χ1) is 12.6. The monoisotopic (exact) mass is 354 g/mol. The molecule has 1 atom stereocenters. The van der Waals surface area contributed by atoms with Crippen LogP contribution in [0.4, 0.5) is 5.95 Å². The maximum absolute atomic E-state index is 12.7. The van der Waals surface area contributed by atoms with Crippen molar-refractivity contribution < 1.29 is 14.6 Å². The fraction of sp³-hybridized carbons (Fsp3) is 0.421. The molecule has 0 spiro atoms. The molecule has 1 aliphatic heterocycles. The number of ether oxygens (including phenoxy) is 1. The summed E-state index contributed by atoms with van der Waals surface area (Å²) in [5, 5.41) is 15.7. The second-order valence-electron chi connectivity index (χ2n) is 6.85. The van der Waals surface area contributed by atoms with E-state index >= 15 is 0 Å². The number of carbonyl (C=O) groups excluding carboxylic acids is 1. The maximum atomic E-state index is 12.7. The van der Waals surface area contributed by atoms with E-state index in [1.807, 2.05) is 12.1 Å². The van der Waals surface area contributed by atoms with Gasteiger partial charge in [0.25, 0.3) is 5.91 Å². The Balaban J connectivity index is 1.56. The van der Waals surface area contributed by atoms with E-state index in [2.05, 4.69) is 26.7 Å². The van der Waals surface area contributed by atoms with Crippen LogP contribution in [0.2, 0.25) is 0 Å². The zero-order chi connectivity index (χ0) is 18.1. The molecule has 1 amide bonds. The lowest BCUT2D eigenvalue weighted by molar-refractivity contribution is 0.0235. The molecule has 1 aromatic carbocycles. The molecule has 4 rings (SSSR count). The van der Waals surface area contributed by atoms with E-state index in [-0.39, 0.29) is 24.0 Å². The lowest BCUT2D eigenvalue weighted by Gasteiger charge is -2.38. The molecule has 1 saturated carbocycles. The third-order valence-electron chi connectivity index (χ3n) is 5.12. The molecule has 2 heterocycles. The topological polar surface area (TPSA) is 96.4 Å². The van der Waals surface area contributed by atoms with E-state index in [4.69, 9.17) is 4.74 Å². The van der Waals surface area contributed by atoms with Gasteiger partial charge in [0.05, 0.1) is 24.3 Å². The Morgan fingerprint density at radius 1 is 1.31 bits per heavy atom. The number of benzene rings is 1. The number of hydrogen-bond donors (Lipinski definition) is 3. The van der Waals surface area contributed by atoms with Gasteiger partial charge in [-0.05, 0) is 42.0 Å². The summed E-state index contributed by atoms with van der Waals surface area (Å²) in [6.45, 7) is 0.701. The van der Waals surface area contributed by atoms with E-state index < -0.39 is 0 Å². The quantitative estimate of drug-likeness (QED) is 0.756. The highest BCUT2D eigenvalue weighted by Gasteiger charge is 2.36. The molecule has 2 aliphatic rings. The van der Waals surface area contributed by atoms with E-state index in [0.717, 1.165) is 17.7 Å². The zero-order valence-corrected chi connectivity index (χ0v) is 14.6. The van der Waals surface area contributed by atoms with Crippen LogP contribution < -0.4 is 15.4 Å². The van der Waals surface area contributed by atoms with Gasteiger partial charge < -0.3 is 20.5 Å². The Hall–Kier alpha value is -2.67. The first-order valence-electron chi connectivity index (χ1n) is 8.88. The summed E-state index contributed by atoms with van der Waals surface area (Å²) in [7, 11) is 1.73. The van der Waals surface area contributed by atoms with Crippen molar-refractivity contribution in [1.82, 2.24) is 15.3 Å². The Labute approximate surface area is 151 Å². The van der Waals surface area contributed by atoms with Crippen LogP contribution in [-0.2, 0) is 6.42 Å². The fourth-order valence-electron chi connectivity index (χ4n) is 3.57. The Bertz CT molecular complexity index is 803. The molecule has 26 heavy (non-hydrogen) atoms. The van der Waals surface area contributed by atoms with Gasteiger partial charge in [-0.2, -0.15) is 0 Å². The summed E-state index contributed by atoms with van der Waals surface area (Å²) in [6.07, 6.45) is 5.00. The van der Waals surface area contributed by atoms with Crippen LogP contribution in [0.25, 0.3) is 0 Å². The molecule has 2 aromatic rings. The number of hydrogen-bond acceptors (Lipinski definition) is 6. The summed E-state index contributed by atoms with van der Waals surface area (Å²) in [5.74, 6) is 1.39. The summed E-state index contributed by atoms with van der Waals surface area (Å²) >= 11 is 0. The Morgan fingerprint density at radius 2 is 2.08 bits per heavy atom. The molecule has 0 saturated heterocycles. The number of aliphatic hydroxyl groups is 1. The van der Waals surface area contributed by atoms with Gasteiger partial charge in [-0.15, -0.1) is 0 Å². The molecular formula is C19H22N4O3. The van der Waals surface area contributed by atoms with E-state index in [1.54, 1.807) is 7.05 Å². The van der Waals surface area contributed by atoms with Crippen LogP contribution in [0, 0.1) is 5.92 Å². The van der Waals surface area contributed by atoms with Crippen molar-refractivity contribution in [3.8, 4) is 5.75 Å². The molecule has 0 radical (unpaired) electrons. The molecule has 1 aliphatic carbocycles. The van der Waals surface area contributed by atoms with Crippen molar-refractivity contribution in [2.75, 3.05) is 19.0 Å². The van der Waals surface area contributed by atoms with Crippen LogP contribution in [0.3, 0.4) is 0 Å². The largest absolute Gasteiger partial charge is 0.493 e. The number of amides is 1. The maximum Gasteiger partial charge on any atom is 0.254 e. The predicted molar refractivity (Wildman–Crippen MR) is 96.2 cm³/mol. The van der Waals surface area contributed by atoms with Gasteiger partial charge in [0.15, 0.2) is 0 Å². The molecule has 0 bridgehead atoms. The smallest absolute Gasteiger partial charge is 0.254 e. The van der Waals surface area contributed by atoms with E-state index in [9.17, 15) is 9.90 Å². The molecule has 7 nitrogen and oxygen atoms in total. The molecule has 1 unspecified atom stereocenters. The standard InChI is InChI=1S/C19H22N4O3/c1-20-19-21-9-14(10-22-19)18(25)23-17(13-7-15(24)8-13)12-2-3-16-11(6-12)4-5-26-16/h2-3,6,9-10,13,15,17,24H,4-5,7-8H2,1H3,(H,23,25)(H,20,21,22). The summed E-state index contributed by atoms with van der Waals surface area (Å²) in [5.41, 5.74) is 2.63. The minimum absolute atomic E-state index is 0.152. The first kappa shape index (κ1) is 16.8. The number of carbonyl (C=O) groups is 1. The van der Waals surface area contributed by atoms with Gasteiger partial charge in [-0.1, -0.05) is 6.07 Å². The normalized spacial score (nSPS) is 21.9. The molecule has 136 valence electrons. The van der Waals surface area contributed by atoms with Crippen molar-refractivity contribution in [2.45, 2.75) is 31.4 Å². The second kappa shape index (κ2) is 6.92. The van der Waals surface area contributed by atoms with E-state index in [1.165, 1.54) is 18.0 Å². The molecule has 3 N–H and O–H groups in total. The van der Waals surface area contributed by atoms with Crippen molar-refractivity contribution in [3.63, 3.8) is 0 Å². The fourth-order valence-corrected chi connectivity index (χ4v) is 3.57. The highest BCUT2D eigenvalue weighted by Crippen LogP contribution is 2.39. The minimum Gasteiger partial charge on any atom is -0.493 e. The Morgan fingerprint density at radius 3 is 2.77 bits per heavy atom. The number of aromatic nitrogens is 2. The first-order valence-corrected chi connectivity index (χ1v) is 8.88. The third kappa shape index (κ3) is 3.22. The van der Waals surface area contributed by atoms with Gasteiger partial charge in [0.2, 0.25) is 5.95 Å². The lowest BCUT2D eigenvalue weighted by atomic mass is 9.74. The van der Waals surface area contributed by atoms with Crippen molar-refractivity contribution >= 4 is 11.9 Å². The van der Waals surface area contributed by atoms with Crippen LogP contribution in [-0.4, -0.2) is 40.7 Å². The lowest BCUT2D eigenvalue weighted by Crippen LogP contribution is -2.41. The van der Waals surface area contributed by atoms with Crippen LogP contribution in [0.5, 0.6) is 5.75 Å². The van der Waals surface area contributed by atoms with E-state index in [0.29, 0.717) is 31.0 Å².